The Morgan fingerprint density at radius 1 is 1.25 bits per heavy atom. The van der Waals surface area contributed by atoms with Crippen LogP contribution in [0.4, 0.5) is 5.69 Å². The second kappa shape index (κ2) is 6.23. The van der Waals surface area contributed by atoms with Crippen molar-refractivity contribution in [2.75, 3.05) is 19.6 Å². The molecule has 1 rings (SSSR count). The maximum Gasteiger partial charge on any atom is 0.272 e. The Bertz CT molecular complexity index is 349. The number of likely N-dealkylation sites (N-methyl/N-ethyl adjacent to an activating group) is 1. The van der Waals surface area contributed by atoms with Gasteiger partial charge in [-0.1, -0.05) is 32.0 Å². The van der Waals surface area contributed by atoms with Crippen LogP contribution in [0.15, 0.2) is 24.3 Å². The molecule has 0 unspecified atom stereocenters. The molecule has 1 aromatic rings. The van der Waals surface area contributed by atoms with Crippen LogP contribution in [0, 0.1) is 10.1 Å². The molecule has 4 heteroatoms. The summed E-state index contributed by atoms with van der Waals surface area (Å²) in [4.78, 5) is 12.8. The minimum Gasteiger partial charge on any atom is -0.304 e. The number of para-hydroxylation sites is 1. The fourth-order valence-electron chi connectivity index (χ4n) is 1.72. The molecule has 0 spiro atoms. The molecular weight excluding hydrogens is 204 g/mol. The van der Waals surface area contributed by atoms with Gasteiger partial charge in [-0.15, -0.1) is 0 Å². The zero-order valence-electron chi connectivity index (χ0n) is 9.85. The number of nitro groups is 1. The minimum atomic E-state index is -0.308. The van der Waals surface area contributed by atoms with E-state index in [1.54, 1.807) is 12.1 Å². The largest absolute Gasteiger partial charge is 0.304 e. The van der Waals surface area contributed by atoms with E-state index in [1.807, 2.05) is 12.1 Å². The van der Waals surface area contributed by atoms with E-state index >= 15 is 0 Å². The molecule has 0 heterocycles. The van der Waals surface area contributed by atoms with E-state index in [9.17, 15) is 10.1 Å². The lowest BCUT2D eigenvalue weighted by Crippen LogP contribution is -2.25. The smallest absolute Gasteiger partial charge is 0.272 e. The summed E-state index contributed by atoms with van der Waals surface area (Å²) in [5, 5.41) is 10.8. The van der Waals surface area contributed by atoms with E-state index < -0.39 is 0 Å². The van der Waals surface area contributed by atoms with Gasteiger partial charge in [0.25, 0.3) is 5.69 Å². The molecule has 0 radical (unpaired) electrons. The zero-order valence-corrected chi connectivity index (χ0v) is 9.85. The summed E-state index contributed by atoms with van der Waals surface area (Å²) < 4.78 is 0. The predicted molar refractivity (Wildman–Crippen MR) is 64.6 cm³/mol. The third-order valence-corrected chi connectivity index (χ3v) is 2.78. The van der Waals surface area contributed by atoms with E-state index in [-0.39, 0.29) is 10.6 Å². The molecule has 88 valence electrons. The van der Waals surface area contributed by atoms with Gasteiger partial charge in [-0.05, 0) is 19.5 Å². The van der Waals surface area contributed by atoms with E-state index in [1.165, 1.54) is 0 Å². The molecule has 0 N–H and O–H groups in total. The highest BCUT2D eigenvalue weighted by atomic mass is 16.6. The summed E-state index contributed by atoms with van der Waals surface area (Å²) in [7, 11) is 0. The van der Waals surface area contributed by atoms with Gasteiger partial charge in [-0.25, -0.2) is 0 Å². The molecule has 0 aliphatic carbocycles. The van der Waals surface area contributed by atoms with Crippen LogP contribution in [-0.2, 0) is 6.42 Å². The van der Waals surface area contributed by atoms with E-state index in [0.29, 0.717) is 0 Å². The van der Waals surface area contributed by atoms with Crippen molar-refractivity contribution in [1.82, 2.24) is 4.90 Å². The zero-order chi connectivity index (χ0) is 12.0. The number of rotatable bonds is 6. The molecule has 4 nitrogen and oxygen atoms in total. The number of hydrogen-bond acceptors (Lipinski definition) is 3. The van der Waals surface area contributed by atoms with Gasteiger partial charge in [0.1, 0.15) is 0 Å². The number of hydrogen-bond donors (Lipinski definition) is 0. The van der Waals surface area contributed by atoms with Gasteiger partial charge in [0.15, 0.2) is 0 Å². The van der Waals surface area contributed by atoms with Crippen molar-refractivity contribution >= 4 is 5.69 Å². The average Bonchev–Trinajstić information content (AvgIpc) is 2.30. The highest BCUT2D eigenvalue weighted by Crippen LogP contribution is 2.18. The van der Waals surface area contributed by atoms with Gasteiger partial charge in [-0.2, -0.15) is 0 Å². The fraction of sp³-hybridized carbons (Fsp3) is 0.500. The molecule has 0 saturated heterocycles. The van der Waals surface area contributed by atoms with Crippen molar-refractivity contribution in [3.63, 3.8) is 0 Å². The first-order valence-electron chi connectivity index (χ1n) is 5.63. The Balaban J connectivity index is 2.69. The first-order valence-corrected chi connectivity index (χ1v) is 5.63. The van der Waals surface area contributed by atoms with Gasteiger partial charge >= 0.3 is 0 Å². The van der Waals surface area contributed by atoms with Crippen molar-refractivity contribution in [3.8, 4) is 0 Å². The molecule has 0 aliphatic heterocycles. The summed E-state index contributed by atoms with van der Waals surface area (Å²) in [6, 6.07) is 6.96. The molecule has 16 heavy (non-hydrogen) atoms. The van der Waals surface area contributed by atoms with Crippen molar-refractivity contribution in [1.29, 1.82) is 0 Å². The van der Waals surface area contributed by atoms with Crippen LogP contribution < -0.4 is 0 Å². The van der Waals surface area contributed by atoms with Crippen LogP contribution in [0.5, 0.6) is 0 Å². The third-order valence-electron chi connectivity index (χ3n) is 2.78. The summed E-state index contributed by atoms with van der Waals surface area (Å²) in [5.74, 6) is 0. The van der Waals surface area contributed by atoms with Crippen molar-refractivity contribution in [2.24, 2.45) is 0 Å². The molecular formula is C12H18N2O2. The SMILES string of the molecule is CCN(CC)CCc1ccccc1[N+](=O)[O-]. The molecule has 1 aromatic carbocycles. The standard InChI is InChI=1S/C12H18N2O2/c1-3-13(4-2)10-9-11-7-5-6-8-12(11)14(15)16/h5-8H,3-4,9-10H2,1-2H3. The second-order valence-electron chi connectivity index (χ2n) is 3.66. The van der Waals surface area contributed by atoms with Crippen molar-refractivity contribution in [2.45, 2.75) is 20.3 Å². The Hall–Kier alpha value is -1.42. The lowest BCUT2D eigenvalue weighted by Gasteiger charge is -2.17. The normalized spacial score (nSPS) is 10.7. The molecule has 0 aliphatic rings. The molecule has 0 fully saturated rings. The van der Waals surface area contributed by atoms with Crippen LogP contribution >= 0.6 is 0 Å². The summed E-state index contributed by atoms with van der Waals surface area (Å²) in [6.07, 6.45) is 0.735. The van der Waals surface area contributed by atoms with Crippen LogP contribution in [0.2, 0.25) is 0 Å². The molecule has 0 amide bonds. The van der Waals surface area contributed by atoms with Crippen LogP contribution in [0.25, 0.3) is 0 Å². The summed E-state index contributed by atoms with van der Waals surface area (Å²) >= 11 is 0. The molecule has 0 saturated carbocycles. The number of nitro benzene ring substituents is 1. The van der Waals surface area contributed by atoms with E-state index in [2.05, 4.69) is 18.7 Å². The predicted octanol–water partition coefficient (Wildman–Crippen LogP) is 2.48. The summed E-state index contributed by atoms with van der Waals surface area (Å²) in [5.41, 5.74) is 1.05. The Labute approximate surface area is 96.0 Å². The van der Waals surface area contributed by atoms with Crippen molar-refractivity contribution < 1.29 is 4.92 Å². The lowest BCUT2D eigenvalue weighted by atomic mass is 10.1. The lowest BCUT2D eigenvalue weighted by molar-refractivity contribution is -0.385. The van der Waals surface area contributed by atoms with Crippen molar-refractivity contribution in [3.05, 3.63) is 39.9 Å². The highest BCUT2D eigenvalue weighted by Gasteiger charge is 2.12. The Morgan fingerprint density at radius 2 is 1.88 bits per heavy atom. The van der Waals surface area contributed by atoms with Gasteiger partial charge < -0.3 is 4.90 Å². The maximum atomic E-state index is 10.8. The van der Waals surface area contributed by atoms with E-state index in [4.69, 9.17) is 0 Å². The molecule has 0 aromatic heterocycles. The second-order valence-corrected chi connectivity index (χ2v) is 3.66. The Morgan fingerprint density at radius 3 is 2.44 bits per heavy atom. The minimum absolute atomic E-state index is 0.231. The van der Waals surface area contributed by atoms with Crippen LogP contribution in [0.1, 0.15) is 19.4 Å². The van der Waals surface area contributed by atoms with Crippen LogP contribution in [-0.4, -0.2) is 29.5 Å². The maximum absolute atomic E-state index is 10.8. The fourth-order valence-corrected chi connectivity index (χ4v) is 1.72. The molecule has 0 atom stereocenters. The first kappa shape index (κ1) is 12.6. The highest BCUT2D eigenvalue weighted by molar-refractivity contribution is 5.39. The number of benzene rings is 1. The topological polar surface area (TPSA) is 46.4 Å². The average molecular weight is 222 g/mol. The van der Waals surface area contributed by atoms with Crippen LogP contribution in [0.3, 0.4) is 0 Å². The molecule has 0 bridgehead atoms. The van der Waals surface area contributed by atoms with Gasteiger partial charge in [-0.3, -0.25) is 10.1 Å². The van der Waals surface area contributed by atoms with Gasteiger partial charge in [0, 0.05) is 18.2 Å². The quantitative estimate of drug-likeness (QED) is 0.548. The monoisotopic (exact) mass is 222 g/mol. The third kappa shape index (κ3) is 3.31. The first-order chi connectivity index (χ1) is 7.69. The summed E-state index contributed by atoms with van der Waals surface area (Å²) in [6.45, 7) is 7.04. The number of nitrogens with zero attached hydrogens (tertiary/aromatic N) is 2. The Kier molecular flexibility index (Phi) is 4.92. The van der Waals surface area contributed by atoms with Gasteiger partial charge in [0.05, 0.1) is 4.92 Å². The van der Waals surface area contributed by atoms with E-state index in [0.717, 1.165) is 31.6 Å². The van der Waals surface area contributed by atoms with Gasteiger partial charge in [0.2, 0.25) is 0 Å².